The van der Waals surface area contributed by atoms with E-state index in [1.807, 2.05) is 12.1 Å². The van der Waals surface area contributed by atoms with Crippen LogP contribution >= 0.6 is 0 Å². The van der Waals surface area contributed by atoms with E-state index < -0.39 is 0 Å². The zero-order valence-electron chi connectivity index (χ0n) is 24.8. The van der Waals surface area contributed by atoms with E-state index in [1.165, 1.54) is 116 Å². The van der Waals surface area contributed by atoms with Gasteiger partial charge in [-0.15, -0.1) is 0 Å². The third kappa shape index (κ3) is 17.3. The first-order valence-electron chi connectivity index (χ1n) is 15.9. The highest BCUT2D eigenvalue weighted by molar-refractivity contribution is 5.48. The van der Waals surface area contributed by atoms with Gasteiger partial charge >= 0.3 is 0 Å². The monoisotopic (exact) mass is 524 g/mol. The Balaban J connectivity index is 2.38. The summed E-state index contributed by atoms with van der Waals surface area (Å²) in [6.07, 6.45) is 26.2. The molecule has 214 valence electrons. The number of ether oxygens (including phenoxy) is 2. The lowest BCUT2D eigenvalue weighted by molar-refractivity contribution is 0.292. The number of rotatable bonds is 26. The van der Waals surface area contributed by atoms with E-state index in [0.29, 0.717) is 19.6 Å². The van der Waals surface area contributed by atoms with Crippen LogP contribution in [0.1, 0.15) is 153 Å². The summed E-state index contributed by atoms with van der Waals surface area (Å²) in [7, 11) is 0. The van der Waals surface area contributed by atoms with Crippen LogP contribution in [0.25, 0.3) is 4.85 Å². The Labute approximate surface area is 235 Å². The van der Waals surface area contributed by atoms with Gasteiger partial charge in [0.25, 0.3) is 0 Å². The first-order chi connectivity index (χ1) is 18.8. The molecule has 0 amide bonds. The van der Waals surface area contributed by atoms with E-state index in [-0.39, 0.29) is 6.54 Å². The maximum absolute atomic E-state index is 9.35. The SMILES string of the molecule is [C-]#[N+]Cc1cc(OCCCCCCCCCCCC)c(CC#N)cc1OCCCCCCCCCCCC. The minimum absolute atomic E-state index is 0.273. The predicted molar refractivity (Wildman–Crippen MR) is 161 cm³/mol. The molecule has 0 saturated carbocycles. The molecule has 0 bridgehead atoms. The van der Waals surface area contributed by atoms with Crippen LogP contribution in [0.4, 0.5) is 0 Å². The number of nitrogens with zero attached hydrogens (tertiary/aromatic N) is 2. The zero-order chi connectivity index (χ0) is 27.5. The molecule has 0 aliphatic heterocycles. The lowest BCUT2D eigenvalue weighted by Gasteiger charge is -2.15. The fourth-order valence-corrected chi connectivity index (χ4v) is 4.89. The third-order valence-corrected chi connectivity index (χ3v) is 7.27. The topological polar surface area (TPSA) is 46.6 Å². The molecular formula is C34H56N2O2. The standard InChI is InChI=1S/C34H56N2O2/c1-4-6-8-10-12-14-16-18-20-22-26-37-33-29-32(30-36-3)34(28-31(33)24-25-35)38-27-23-21-19-17-15-13-11-9-7-5-2/h28-29H,4-24,26-27,30H2,1-2H3. The highest BCUT2D eigenvalue weighted by Crippen LogP contribution is 2.31. The molecule has 1 rings (SSSR count). The van der Waals surface area contributed by atoms with Crippen LogP contribution in [0.3, 0.4) is 0 Å². The minimum atomic E-state index is 0.273. The summed E-state index contributed by atoms with van der Waals surface area (Å²) in [5.74, 6) is 1.49. The van der Waals surface area contributed by atoms with Crippen LogP contribution < -0.4 is 9.47 Å². The van der Waals surface area contributed by atoms with Crippen molar-refractivity contribution in [2.45, 2.75) is 155 Å². The van der Waals surface area contributed by atoms with Gasteiger partial charge in [-0.25, -0.2) is 6.57 Å². The molecule has 0 N–H and O–H groups in total. The van der Waals surface area contributed by atoms with Crippen molar-refractivity contribution in [2.24, 2.45) is 0 Å². The van der Waals surface area contributed by atoms with Crippen molar-refractivity contribution in [2.75, 3.05) is 13.2 Å². The number of hydrogen-bond donors (Lipinski definition) is 0. The smallest absolute Gasteiger partial charge is 0.243 e. The van der Waals surface area contributed by atoms with Crippen molar-refractivity contribution in [3.05, 3.63) is 34.7 Å². The van der Waals surface area contributed by atoms with Crippen molar-refractivity contribution in [3.63, 3.8) is 0 Å². The highest BCUT2D eigenvalue weighted by Gasteiger charge is 2.14. The second-order valence-corrected chi connectivity index (χ2v) is 10.8. The van der Waals surface area contributed by atoms with Gasteiger partial charge < -0.3 is 14.3 Å². The summed E-state index contributed by atoms with van der Waals surface area (Å²) in [5, 5.41) is 9.35. The summed E-state index contributed by atoms with van der Waals surface area (Å²) < 4.78 is 12.2. The van der Waals surface area contributed by atoms with Crippen LogP contribution in [0.2, 0.25) is 0 Å². The molecule has 0 saturated heterocycles. The first-order valence-corrected chi connectivity index (χ1v) is 15.9. The van der Waals surface area contributed by atoms with Gasteiger partial charge in [0.05, 0.1) is 31.3 Å². The van der Waals surface area contributed by atoms with Crippen molar-refractivity contribution < 1.29 is 9.47 Å². The average molecular weight is 525 g/mol. The van der Waals surface area contributed by atoms with E-state index in [1.54, 1.807) is 0 Å². The van der Waals surface area contributed by atoms with Crippen molar-refractivity contribution in [1.29, 1.82) is 5.26 Å². The van der Waals surface area contributed by atoms with Gasteiger partial charge in [-0.3, -0.25) is 0 Å². The third-order valence-electron chi connectivity index (χ3n) is 7.27. The average Bonchev–Trinajstić information content (AvgIpc) is 2.92. The molecule has 4 heteroatoms. The predicted octanol–water partition coefficient (Wildman–Crippen LogP) is 10.8. The summed E-state index contributed by atoms with van der Waals surface area (Å²) in [6, 6.07) is 6.14. The van der Waals surface area contributed by atoms with Crippen molar-refractivity contribution in [1.82, 2.24) is 0 Å². The number of hydrogen-bond acceptors (Lipinski definition) is 3. The van der Waals surface area contributed by atoms with E-state index in [2.05, 4.69) is 24.8 Å². The van der Waals surface area contributed by atoms with Gasteiger partial charge in [-0.2, -0.15) is 5.26 Å². The van der Waals surface area contributed by atoms with Crippen LogP contribution in [0.15, 0.2) is 12.1 Å². The van der Waals surface area contributed by atoms with Gasteiger partial charge in [0.15, 0.2) is 0 Å². The normalized spacial score (nSPS) is 10.7. The van der Waals surface area contributed by atoms with E-state index >= 15 is 0 Å². The Hall–Kier alpha value is -2.20. The summed E-state index contributed by atoms with van der Waals surface area (Å²) >= 11 is 0. The molecule has 0 fully saturated rings. The second kappa shape index (κ2) is 25.1. The number of unbranched alkanes of at least 4 members (excludes halogenated alkanes) is 18. The molecule has 0 atom stereocenters. The number of benzene rings is 1. The summed E-state index contributed by atoms with van der Waals surface area (Å²) in [6.45, 7) is 13.5. The molecule has 0 unspecified atom stereocenters. The Kier molecular flexibility index (Phi) is 22.3. The van der Waals surface area contributed by atoms with Gasteiger partial charge in [0.1, 0.15) is 11.5 Å². The van der Waals surface area contributed by atoms with Crippen LogP contribution in [0, 0.1) is 17.9 Å². The van der Waals surface area contributed by atoms with E-state index in [0.717, 1.165) is 35.5 Å². The first kappa shape index (κ1) is 33.8. The maximum Gasteiger partial charge on any atom is 0.243 e. The van der Waals surface area contributed by atoms with Gasteiger partial charge in [-0.05, 0) is 25.0 Å². The van der Waals surface area contributed by atoms with Crippen LogP contribution in [-0.2, 0) is 13.0 Å². The van der Waals surface area contributed by atoms with Gasteiger partial charge in [0.2, 0.25) is 6.54 Å². The molecule has 0 radical (unpaired) electrons. The molecule has 1 aromatic rings. The quantitative estimate of drug-likeness (QED) is 0.0894. The van der Waals surface area contributed by atoms with Crippen LogP contribution in [-0.4, -0.2) is 13.2 Å². The Bertz CT molecular complexity index is 712. The lowest BCUT2D eigenvalue weighted by Crippen LogP contribution is -2.05. The summed E-state index contributed by atoms with van der Waals surface area (Å²) in [5.41, 5.74) is 1.73. The fourth-order valence-electron chi connectivity index (χ4n) is 4.89. The molecule has 38 heavy (non-hydrogen) atoms. The Morgan fingerprint density at radius 1 is 0.605 bits per heavy atom. The molecular weight excluding hydrogens is 468 g/mol. The highest BCUT2D eigenvalue weighted by atomic mass is 16.5. The Morgan fingerprint density at radius 2 is 0.974 bits per heavy atom. The van der Waals surface area contributed by atoms with Crippen molar-refractivity contribution >= 4 is 0 Å². The number of nitriles is 1. The molecule has 0 spiro atoms. The molecule has 0 heterocycles. The molecule has 0 aliphatic carbocycles. The lowest BCUT2D eigenvalue weighted by atomic mass is 10.1. The Morgan fingerprint density at radius 3 is 1.37 bits per heavy atom. The maximum atomic E-state index is 9.35. The molecule has 0 aliphatic rings. The largest absolute Gasteiger partial charge is 0.493 e. The van der Waals surface area contributed by atoms with Gasteiger partial charge in [0, 0.05) is 5.56 Å². The van der Waals surface area contributed by atoms with E-state index in [9.17, 15) is 5.26 Å². The molecule has 0 aromatic heterocycles. The van der Waals surface area contributed by atoms with Gasteiger partial charge in [-0.1, -0.05) is 129 Å². The minimum Gasteiger partial charge on any atom is -0.493 e. The van der Waals surface area contributed by atoms with E-state index in [4.69, 9.17) is 16.0 Å². The molecule has 1 aromatic carbocycles. The summed E-state index contributed by atoms with van der Waals surface area (Å²) in [4.78, 5) is 3.60. The fraction of sp³-hybridized carbons (Fsp3) is 0.765. The van der Waals surface area contributed by atoms with Crippen molar-refractivity contribution in [3.8, 4) is 17.6 Å². The molecule has 4 nitrogen and oxygen atoms in total. The van der Waals surface area contributed by atoms with Crippen LogP contribution in [0.5, 0.6) is 11.5 Å². The zero-order valence-corrected chi connectivity index (χ0v) is 24.8. The second-order valence-electron chi connectivity index (χ2n) is 10.8.